The summed E-state index contributed by atoms with van der Waals surface area (Å²) in [5, 5.41) is 8.83. The number of aliphatic hydroxyl groups excluding tert-OH is 1. The Hall–Kier alpha value is -0.740. The second kappa shape index (κ2) is 4.41. The lowest BCUT2D eigenvalue weighted by Crippen LogP contribution is -1.95. The Morgan fingerprint density at radius 2 is 2.27 bits per heavy atom. The highest BCUT2D eigenvalue weighted by Gasteiger charge is 2.20. The van der Waals surface area contributed by atoms with E-state index in [4.69, 9.17) is 14.6 Å². The second-order valence-corrected chi connectivity index (χ2v) is 4.34. The first-order valence-electron chi connectivity index (χ1n) is 4.92. The molecule has 3 nitrogen and oxygen atoms in total. The zero-order chi connectivity index (χ0) is 10.8. The van der Waals surface area contributed by atoms with Gasteiger partial charge in [-0.15, -0.1) is 0 Å². The fourth-order valence-corrected chi connectivity index (χ4v) is 2.54. The highest BCUT2D eigenvalue weighted by atomic mass is 79.9. The Labute approximate surface area is 97.1 Å². The molecule has 0 amide bonds. The van der Waals surface area contributed by atoms with Crippen molar-refractivity contribution < 1.29 is 14.6 Å². The number of hydrogen-bond donors (Lipinski definition) is 1. The summed E-state index contributed by atoms with van der Waals surface area (Å²) in [6, 6.07) is 1.99. The molecule has 0 bridgehead atoms. The predicted molar refractivity (Wildman–Crippen MR) is 60.4 cm³/mol. The summed E-state index contributed by atoms with van der Waals surface area (Å²) in [4.78, 5) is 0. The van der Waals surface area contributed by atoms with E-state index in [0.717, 1.165) is 28.8 Å². The largest absolute Gasteiger partial charge is 0.454 e. The van der Waals surface area contributed by atoms with Crippen LogP contribution in [-0.4, -0.2) is 18.5 Å². The molecule has 0 fully saturated rings. The van der Waals surface area contributed by atoms with Gasteiger partial charge in [0, 0.05) is 6.61 Å². The topological polar surface area (TPSA) is 38.7 Å². The SMILES string of the molecule is Cc1cc2c(c(Br)c1CCCO)OCO2. The third-order valence-electron chi connectivity index (χ3n) is 2.51. The summed E-state index contributed by atoms with van der Waals surface area (Å²) in [5.74, 6) is 1.58. The van der Waals surface area contributed by atoms with Gasteiger partial charge in [0.25, 0.3) is 0 Å². The molecule has 0 radical (unpaired) electrons. The molecular formula is C11H13BrO3. The van der Waals surface area contributed by atoms with Gasteiger partial charge in [0.05, 0.1) is 4.47 Å². The van der Waals surface area contributed by atoms with Gasteiger partial charge in [0.2, 0.25) is 6.79 Å². The number of hydrogen-bond acceptors (Lipinski definition) is 3. The van der Waals surface area contributed by atoms with Crippen LogP contribution in [0, 0.1) is 6.92 Å². The average Bonchev–Trinajstić information content (AvgIpc) is 2.65. The first kappa shape index (κ1) is 10.8. The maximum absolute atomic E-state index is 8.83. The van der Waals surface area contributed by atoms with E-state index in [1.807, 2.05) is 13.0 Å². The molecule has 0 unspecified atom stereocenters. The first-order valence-corrected chi connectivity index (χ1v) is 5.71. The smallest absolute Gasteiger partial charge is 0.231 e. The lowest BCUT2D eigenvalue weighted by molar-refractivity contribution is 0.173. The third kappa shape index (κ3) is 1.96. The third-order valence-corrected chi connectivity index (χ3v) is 3.35. The van der Waals surface area contributed by atoms with E-state index in [9.17, 15) is 0 Å². The van der Waals surface area contributed by atoms with Gasteiger partial charge in [-0.25, -0.2) is 0 Å². The number of fused-ring (bicyclic) bond motifs is 1. The summed E-state index contributed by atoms with van der Waals surface area (Å²) in [7, 11) is 0. The highest BCUT2D eigenvalue weighted by molar-refractivity contribution is 9.10. The number of aliphatic hydroxyl groups is 1. The molecule has 1 heterocycles. The van der Waals surface area contributed by atoms with Crippen LogP contribution < -0.4 is 9.47 Å². The Morgan fingerprint density at radius 3 is 3.00 bits per heavy atom. The van der Waals surface area contributed by atoms with Crippen molar-refractivity contribution in [3.63, 3.8) is 0 Å². The van der Waals surface area contributed by atoms with Gasteiger partial charge in [0.1, 0.15) is 0 Å². The van der Waals surface area contributed by atoms with Crippen LogP contribution in [0.2, 0.25) is 0 Å². The van der Waals surface area contributed by atoms with Gasteiger partial charge < -0.3 is 14.6 Å². The van der Waals surface area contributed by atoms with E-state index in [1.165, 1.54) is 11.1 Å². The molecule has 0 atom stereocenters. The van der Waals surface area contributed by atoms with Crippen LogP contribution in [0.5, 0.6) is 11.5 Å². The molecule has 0 aromatic heterocycles. The van der Waals surface area contributed by atoms with Crippen molar-refractivity contribution in [2.45, 2.75) is 19.8 Å². The molecular weight excluding hydrogens is 260 g/mol. The Kier molecular flexibility index (Phi) is 3.17. The molecule has 1 aromatic rings. The molecule has 0 saturated heterocycles. The Morgan fingerprint density at radius 1 is 1.47 bits per heavy atom. The molecule has 2 rings (SSSR count). The molecule has 0 aliphatic carbocycles. The van der Waals surface area contributed by atoms with Crippen molar-refractivity contribution in [2.24, 2.45) is 0 Å². The monoisotopic (exact) mass is 272 g/mol. The normalized spacial score (nSPS) is 13.3. The van der Waals surface area contributed by atoms with Gasteiger partial charge in [-0.1, -0.05) is 0 Å². The van der Waals surface area contributed by atoms with E-state index in [0.29, 0.717) is 0 Å². The highest BCUT2D eigenvalue weighted by Crippen LogP contribution is 2.43. The average molecular weight is 273 g/mol. The van der Waals surface area contributed by atoms with Gasteiger partial charge in [0.15, 0.2) is 11.5 Å². The van der Waals surface area contributed by atoms with Crippen molar-refractivity contribution in [3.05, 3.63) is 21.7 Å². The molecule has 1 aliphatic heterocycles. The minimum Gasteiger partial charge on any atom is -0.454 e. The summed E-state index contributed by atoms with van der Waals surface area (Å²) < 4.78 is 11.7. The minimum atomic E-state index is 0.209. The maximum atomic E-state index is 8.83. The lowest BCUT2D eigenvalue weighted by atomic mass is 10.0. The standard InChI is InChI=1S/C11H13BrO3/c1-7-5-9-11(15-6-14-9)10(12)8(7)3-2-4-13/h5,13H,2-4,6H2,1H3. The summed E-state index contributed by atoms with van der Waals surface area (Å²) in [5.41, 5.74) is 2.35. The maximum Gasteiger partial charge on any atom is 0.231 e. The van der Waals surface area contributed by atoms with Crippen LogP contribution in [0.1, 0.15) is 17.5 Å². The molecule has 4 heteroatoms. The first-order chi connectivity index (χ1) is 7.24. The van der Waals surface area contributed by atoms with E-state index in [1.54, 1.807) is 0 Å². The van der Waals surface area contributed by atoms with E-state index < -0.39 is 0 Å². The fourth-order valence-electron chi connectivity index (χ4n) is 1.72. The fraction of sp³-hybridized carbons (Fsp3) is 0.455. The zero-order valence-corrected chi connectivity index (χ0v) is 10.1. The molecule has 15 heavy (non-hydrogen) atoms. The molecule has 1 N–H and O–H groups in total. The molecule has 1 aliphatic rings. The number of halogens is 1. The minimum absolute atomic E-state index is 0.209. The van der Waals surface area contributed by atoms with E-state index in [2.05, 4.69) is 15.9 Å². The van der Waals surface area contributed by atoms with Crippen molar-refractivity contribution in [1.29, 1.82) is 0 Å². The van der Waals surface area contributed by atoms with Crippen molar-refractivity contribution >= 4 is 15.9 Å². The van der Waals surface area contributed by atoms with Crippen LogP contribution in [0.15, 0.2) is 10.5 Å². The van der Waals surface area contributed by atoms with Gasteiger partial charge in [-0.2, -0.15) is 0 Å². The van der Waals surface area contributed by atoms with Gasteiger partial charge in [-0.3, -0.25) is 0 Å². The zero-order valence-electron chi connectivity index (χ0n) is 8.55. The predicted octanol–water partition coefficient (Wildman–Crippen LogP) is 2.41. The van der Waals surface area contributed by atoms with Crippen LogP contribution in [0.3, 0.4) is 0 Å². The van der Waals surface area contributed by atoms with Crippen molar-refractivity contribution in [3.8, 4) is 11.5 Å². The van der Waals surface area contributed by atoms with Crippen molar-refractivity contribution in [1.82, 2.24) is 0 Å². The molecule has 82 valence electrons. The Balaban J connectivity index is 2.37. The Bertz CT molecular complexity index is 377. The summed E-state index contributed by atoms with van der Waals surface area (Å²) in [6.45, 7) is 2.54. The van der Waals surface area contributed by atoms with Crippen LogP contribution in [0.25, 0.3) is 0 Å². The molecule has 1 aromatic carbocycles. The van der Waals surface area contributed by atoms with E-state index in [-0.39, 0.29) is 13.4 Å². The quantitative estimate of drug-likeness (QED) is 0.919. The lowest BCUT2D eigenvalue weighted by Gasteiger charge is -2.10. The summed E-state index contributed by atoms with van der Waals surface area (Å²) >= 11 is 3.53. The number of rotatable bonds is 3. The van der Waals surface area contributed by atoms with Crippen molar-refractivity contribution in [2.75, 3.05) is 13.4 Å². The van der Waals surface area contributed by atoms with Gasteiger partial charge >= 0.3 is 0 Å². The number of ether oxygens (including phenoxy) is 2. The van der Waals surface area contributed by atoms with E-state index >= 15 is 0 Å². The number of benzene rings is 1. The molecule has 0 saturated carbocycles. The summed E-state index contributed by atoms with van der Waals surface area (Å²) in [6.07, 6.45) is 1.61. The van der Waals surface area contributed by atoms with Crippen LogP contribution in [-0.2, 0) is 6.42 Å². The van der Waals surface area contributed by atoms with Crippen LogP contribution in [0.4, 0.5) is 0 Å². The van der Waals surface area contributed by atoms with Gasteiger partial charge in [-0.05, 0) is 52.9 Å². The van der Waals surface area contributed by atoms with Crippen LogP contribution >= 0.6 is 15.9 Å². The molecule has 0 spiro atoms. The second-order valence-electron chi connectivity index (χ2n) is 3.55. The number of aryl methyl sites for hydroxylation is 1.